The van der Waals surface area contributed by atoms with Gasteiger partial charge in [0, 0.05) is 19.4 Å². The van der Waals surface area contributed by atoms with Crippen LogP contribution in [0.4, 0.5) is 0 Å². The van der Waals surface area contributed by atoms with Crippen LogP contribution in [0, 0.1) is 11.8 Å². The minimum atomic E-state index is -0.132. The molecule has 4 heteroatoms. The maximum absolute atomic E-state index is 11.5. The molecule has 128 valence electrons. The van der Waals surface area contributed by atoms with Gasteiger partial charge in [-0.15, -0.1) is 0 Å². The van der Waals surface area contributed by atoms with Crippen LogP contribution in [0.3, 0.4) is 0 Å². The molecule has 0 heterocycles. The van der Waals surface area contributed by atoms with Gasteiger partial charge in [0.2, 0.25) is 0 Å². The first kappa shape index (κ1) is 20.9. The lowest BCUT2D eigenvalue weighted by molar-refractivity contribution is -0.142. The van der Waals surface area contributed by atoms with Crippen molar-refractivity contribution in [2.45, 2.75) is 71.1 Å². The van der Waals surface area contributed by atoms with Gasteiger partial charge in [-0.1, -0.05) is 50.9 Å². The van der Waals surface area contributed by atoms with Gasteiger partial charge in [-0.25, -0.2) is 0 Å². The molecule has 0 unspecified atom stereocenters. The summed E-state index contributed by atoms with van der Waals surface area (Å²) in [5.74, 6) is 5.79. The molecule has 0 amide bonds. The molecule has 0 atom stereocenters. The molecule has 0 aromatic heterocycles. The Balaban J connectivity index is 3.25. The summed E-state index contributed by atoms with van der Waals surface area (Å²) < 4.78 is 5.07. The fraction of sp³-hybridized carbons (Fsp3) is 0.833. The Bertz CT molecular complexity index is 307. The van der Waals surface area contributed by atoms with Crippen molar-refractivity contribution < 1.29 is 14.6 Å². The number of nitrogens with one attached hydrogen (secondary N) is 1. The molecule has 0 aromatic rings. The molecule has 0 spiro atoms. The van der Waals surface area contributed by atoms with Crippen molar-refractivity contribution in [1.82, 2.24) is 5.32 Å². The summed E-state index contributed by atoms with van der Waals surface area (Å²) >= 11 is 0. The van der Waals surface area contributed by atoms with Crippen LogP contribution in [-0.4, -0.2) is 37.4 Å². The van der Waals surface area contributed by atoms with Gasteiger partial charge < -0.3 is 15.2 Å². The summed E-state index contributed by atoms with van der Waals surface area (Å²) in [6.45, 7) is 4.24. The lowest BCUT2D eigenvalue weighted by atomic mass is 10.1. The van der Waals surface area contributed by atoms with Crippen LogP contribution in [0.25, 0.3) is 0 Å². The molecule has 4 nitrogen and oxygen atoms in total. The van der Waals surface area contributed by atoms with Crippen molar-refractivity contribution in [3.05, 3.63) is 0 Å². The summed E-state index contributed by atoms with van der Waals surface area (Å²) in [5.41, 5.74) is 0. The van der Waals surface area contributed by atoms with Gasteiger partial charge in [0.15, 0.2) is 6.61 Å². The van der Waals surface area contributed by atoms with Gasteiger partial charge >= 0.3 is 5.97 Å². The molecule has 0 aliphatic heterocycles. The summed E-state index contributed by atoms with van der Waals surface area (Å²) in [5, 5.41) is 11.8. The zero-order chi connectivity index (χ0) is 16.3. The zero-order valence-corrected chi connectivity index (χ0v) is 14.2. The van der Waals surface area contributed by atoms with Crippen molar-refractivity contribution >= 4 is 5.97 Å². The van der Waals surface area contributed by atoms with Crippen LogP contribution >= 0.6 is 0 Å². The third-order valence-electron chi connectivity index (χ3n) is 3.36. The first-order valence-corrected chi connectivity index (χ1v) is 8.74. The number of aliphatic hydroxyl groups excluding tert-OH is 1. The van der Waals surface area contributed by atoms with Crippen molar-refractivity contribution in [1.29, 1.82) is 0 Å². The molecule has 0 bridgehead atoms. The number of carbonyl (C=O) groups is 1. The Kier molecular flexibility index (Phi) is 17.1. The number of ether oxygens (including phenoxy) is 1. The van der Waals surface area contributed by atoms with Gasteiger partial charge in [-0.05, 0) is 25.8 Å². The van der Waals surface area contributed by atoms with E-state index in [0.717, 1.165) is 51.5 Å². The van der Waals surface area contributed by atoms with E-state index in [2.05, 4.69) is 24.1 Å². The lowest BCUT2D eigenvalue weighted by Crippen LogP contribution is -2.19. The Labute approximate surface area is 136 Å². The van der Waals surface area contributed by atoms with Crippen LogP contribution < -0.4 is 5.32 Å². The number of hydrogen-bond acceptors (Lipinski definition) is 4. The largest absolute Gasteiger partial charge is 0.452 e. The molecule has 0 aliphatic rings. The molecular formula is C18H33NO3. The van der Waals surface area contributed by atoms with Crippen molar-refractivity contribution in [3.63, 3.8) is 0 Å². The molecule has 0 radical (unpaired) electrons. The van der Waals surface area contributed by atoms with E-state index in [1.165, 1.54) is 12.8 Å². The highest BCUT2D eigenvalue weighted by molar-refractivity contribution is 5.69. The van der Waals surface area contributed by atoms with Crippen LogP contribution in [0.15, 0.2) is 0 Å². The minimum Gasteiger partial charge on any atom is -0.452 e. The zero-order valence-electron chi connectivity index (χ0n) is 14.2. The Morgan fingerprint density at radius 1 is 1.00 bits per heavy atom. The highest BCUT2D eigenvalue weighted by Crippen LogP contribution is 2.05. The van der Waals surface area contributed by atoms with Gasteiger partial charge in [-0.3, -0.25) is 4.79 Å². The Morgan fingerprint density at radius 2 is 1.77 bits per heavy atom. The molecule has 0 aliphatic carbocycles. The van der Waals surface area contributed by atoms with E-state index in [9.17, 15) is 4.79 Å². The van der Waals surface area contributed by atoms with Crippen LogP contribution in [0.1, 0.15) is 71.1 Å². The van der Waals surface area contributed by atoms with Crippen LogP contribution in [0.2, 0.25) is 0 Å². The second kappa shape index (κ2) is 18.0. The Morgan fingerprint density at radius 3 is 2.55 bits per heavy atom. The molecule has 22 heavy (non-hydrogen) atoms. The monoisotopic (exact) mass is 311 g/mol. The van der Waals surface area contributed by atoms with E-state index in [0.29, 0.717) is 13.0 Å². The van der Waals surface area contributed by atoms with Crippen molar-refractivity contribution in [2.75, 3.05) is 26.3 Å². The standard InChI is InChI=1S/C18H33NO3/c1-2-3-4-5-9-12-17-22-18(21)13-10-7-6-8-11-14-19-15-16-20/h19-20H,2-8,10-11,13-17H2,1H3. The smallest absolute Gasteiger partial charge is 0.306 e. The van der Waals surface area contributed by atoms with E-state index in [-0.39, 0.29) is 19.2 Å². The first-order chi connectivity index (χ1) is 10.8. The third-order valence-corrected chi connectivity index (χ3v) is 3.36. The number of carbonyl (C=O) groups excluding carboxylic acids is 1. The third kappa shape index (κ3) is 17.0. The van der Waals surface area contributed by atoms with Crippen LogP contribution in [-0.2, 0) is 9.53 Å². The fourth-order valence-corrected chi connectivity index (χ4v) is 2.05. The molecule has 0 saturated heterocycles. The predicted molar refractivity (Wildman–Crippen MR) is 90.5 cm³/mol. The minimum absolute atomic E-state index is 0.132. The second-order valence-electron chi connectivity index (χ2n) is 5.46. The molecule has 2 N–H and O–H groups in total. The van der Waals surface area contributed by atoms with E-state index >= 15 is 0 Å². The number of aliphatic hydroxyl groups is 1. The molecule has 0 rings (SSSR count). The fourth-order valence-electron chi connectivity index (χ4n) is 2.05. The summed E-state index contributed by atoms with van der Waals surface area (Å²) in [4.78, 5) is 11.5. The van der Waals surface area contributed by atoms with Gasteiger partial charge in [0.25, 0.3) is 0 Å². The number of rotatable bonds is 14. The second-order valence-corrected chi connectivity index (χ2v) is 5.46. The topological polar surface area (TPSA) is 58.6 Å². The summed E-state index contributed by atoms with van der Waals surface area (Å²) in [6, 6.07) is 0. The lowest BCUT2D eigenvalue weighted by Gasteiger charge is -2.03. The predicted octanol–water partition coefficient (Wildman–Crippen LogP) is 3.04. The van der Waals surface area contributed by atoms with Gasteiger partial charge in [0.1, 0.15) is 0 Å². The highest BCUT2D eigenvalue weighted by Gasteiger charge is 2.01. The van der Waals surface area contributed by atoms with E-state index < -0.39 is 0 Å². The number of unbranched alkanes of at least 4 members (excludes halogenated alkanes) is 7. The molecule has 0 fully saturated rings. The normalized spacial score (nSPS) is 10.1. The van der Waals surface area contributed by atoms with E-state index in [1.807, 2.05) is 0 Å². The van der Waals surface area contributed by atoms with E-state index in [1.54, 1.807) is 0 Å². The van der Waals surface area contributed by atoms with Crippen LogP contribution in [0.5, 0.6) is 0 Å². The average Bonchev–Trinajstić information content (AvgIpc) is 2.52. The van der Waals surface area contributed by atoms with Gasteiger partial charge in [-0.2, -0.15) is 0 Å². The summed E-state index contributed by atoms with van der Waals surface area (Å²) in [7, 11) is 0. The van der Waals surface area contributed by atoms with Crippen molar-refractivity contribution in [2.24, 2.45) is 0 Å². The average molecular weight is 311 g/mol. The maximum atomic E-state index is 11.5. The number of esters is 1. The molecule has 0 saturated carbocycles. The molecular weight excluding hydrogens is 278 g/mol. The molecule has 0 aromatic carbocycles. The Hall–Kier alpha value is -1.05. The first-order valence-electron chi connectivity index (χ1n) is 8.74. The SMILES string of the molecule is CCCCCC#CCOC(=O)CCCCCCCNCCO. The highest BCUT2D eigenvalue weighted by atomic mass is 16.5. The van der Waals surface area contributed by atoms with Gasteiger partial charge in [0.05, 0.1) is 6.61 Å². The quantitative estimate of drug-likeness (QED) is 0.294. The number of hydrogen-bond donors (Lipinski definition) is 2. The van der Waals surface area contributed by atoms with Crippen molar-refractivity contribution in [3.8, 4) is 11.8 Å². The van der Waals surface area contributed by atoms with E-state index in [4.69, 9.17) is 9.84 Å². The maximum Gasteiger partial charge on any atom is 0.306 e. The summed E-state index contributed by atoms with van der Waals surface area (Å²) in [6.07, 6.45) is 10.3.